The number of benzene rings is 1. The van der Waals surface area contributed by atoms with Gasteiger partial charge in [-0.3, -0.25) is 9.59 Å². The Morgan fingerprint density at radius 3 is 2.32 bits per heavy atom. The number of rotatable bonds is 4. The maximum atomic E-state index is 12.6. The number of likely N-dealkylation sites (tertiary alicyclic amines) is 1. The van der Waals surface area contributed by atoms with Crippen molar-refractivity contribution in [3.05, 3.63) is 35.4 Å². The maximum absolute atomic E-state index is 12.6. The van der Waals surface area contributed by atoms with Crippen LogP contribution >= 0.6 is 12.4 Å². The molecule has 140 valence electrons. The number of carbonyl (C=O) groups excluding carboxylic acids is 2. The summed E-state index contributed by atoms with van der Waals surface area (Å²) in [5.74, 6) is 0.0678. The Hall–Kier alpha value is -1.59. The van der Waals surface area contributed by atoms with Crippen LogP contribution in [0.1, 0.15) is 50.0 Å². The average Bonchev–Trinajstić information content (AvgIpc) is 2.94. The first-order valence-electron chi connectivity index (χ1n) is 8.51. The molecule has 2 amide bonds. The van der Waals surface area contributed by atoms with Crippen LogP contribution < -0.4 is 11.1 Å². The van der Waals surface area contributed by atoms with E-state index in [4.69, 9.17) is 5.73 Å². The Kier molecular flexibility index (Phi) is 7.03. The van der Waals surface area contributed by atoms with E-state index in [1.165, 1.54) is 0 Å². The number of nitrogens with two attached hydrogens (primary N) is 1. The van der Waals surface area contributed by atoms with Gasteiger partial charge in [0.2, 0.25) is 5.91 Å². The molecule has 1 atom stereocenters. The van der Waals surface area contributed by atoms with E-state index in [2.05, 4.69) is 12.2 Å². The molecule has 0 radical (unpaired) electrons. The first-order valence-corrected chi connectivity index (χ1v) is 8.51. The Balaban J connectivity index is 0.00000312. The van der Waals surface area contributed by atoms with Gasteiger partial charge in [0.25, 0.3) is 5.91 Å². The van der Waals surface area contributed by atoms with Crippen molar-refractivity contribution in [2.75, 3.05) is 19.6 Å². The molecular formula is C19H30ClN3O2. The lowest BCUT2D eigenvalue weighted by Gasteiger charge is -2.22. The van der Waals surface area contributed by atoms with Crippen LogP contribution in [0.25, 0.3) is 0 Å². The van der Waals surface area contributed by atoms with Gasteiger partial charge in [0.15, 0.2) is 0 Å². The van der Waals surface area contributed by atoms with Gasteiger partial charge in [-0.15, -0.1) is 12.4 Å². The highest BCUT2D eigenvalue weighted by Crippen LogP contribution is 2.29. The quantitative estimate of drug-likeness (QED) is 0.858. The molecule has 0 saturated carbocycles. The Morgan fingerprint density at radius 2 is 1.84 bits per heavy atom. The summed E-state index contributed by atoms with van der Waals surface area (Å²) in [4.78, 5) is 26.3. The predicted octanol–water partition coefficient (Wildman–Crippen LogP) is 2.58. The zero-order valence-electron chi connectivity index (χ0n) is 15.6. The fraction of sp³-hybridized carbons (Fsp3) is 0.579. The number of hydrogen-bond donors (Lipinski definition) is 2. The second kappa shape index (κ2) is 8.19. The number of nitrogens with one attached hydrogen (secondary N) is 1. The molecule has 2 rings (SSSR count). The summed E-state index contributed by atoms with van der Waals surface area (Å²) in [7, 11) is 0. The molecule has 1 unspecified atom stereocenters. The molecule has 25 heavy (non-hydrogen) atoms. The Bertz CT molecular complexity index is 610. The molecule has 1 aliphatic rings. The Labute approximate surface area is 156 Å². The maximum Gasteiger partial charge on any atom is 0.253 e. The number of hydrogen-bond acceptors (Lipinski definition) is 3. The fourth-order valence-electron chi connectivity index (χ4n) is 2.76. The second-order valence-corrected chi connectivity index (χ2v) is 8.12. The van der Waals surface area contributed by atoms with Crippen LogP contribution in [0.4, 0.5) is 0 Å². The molecule has 1 fully saturated rings. The average molecular weight is 368 g/mol. The molecule has 5 nitrogen and oxygen atoms in total. The van der Waals surface area contributed by atoms with Crippen molar-refractivity contribution in [3.8, 4) is 0 Å². The van der Waals surface area contributed by atoms with Crippen molar-refractivity contribution in [2.45, 2.75) is 40.7 Å². The van der Waals surface area contributed by atoms with Crippen molar-refractivity contribution in [1.82, 2.24) is 10.2 Å². The van der Waals surface area contributed by atoms with Crippen molar-refractivity contribution >= 4 is 24.2 Å². The van der Waals surface area contributed by atoms with Crippen molar-refractivity contribution in [2.24, 2.45) is 16.6 Å². The molecular weight excluding hydrogens is 338 g/mol. The minimum absolute atomic E-state index is 0. The number of amides is 2. The molecule has 3 N–H and O–H groups in total. The Morgan fingerprint density at radius 1 is 1.24 bits per heavy atom. The molecule has 1 aromatic rings. The van der Waals surface area contributed by atoms with E-state index in [1.807, 2.05) is 49.9 Å². The minimum atomic E-state index is -0.401. The van der Waals surface area contributed by atoms with Gasteiger partial charge in [-0.1, -0.05) is 39.8 Å². The molecule has 0 aliphatic carbocycles. The summed E-state index contributed by atoms with van der Waals surface area (Å²) in [6, 6.07) is 7.46. The van der Waals surface area contributed by atoms with Crippen molar-refractivity contribution < 1.29 is 9.59 Å². The van der Waals surface area contributed by atoms with Crippen LogP contribution in [-0.2, 0) is 11.3 Å². The van der Waals surface area contributed by atoms with Gasteiger partial charge in [-0.05, 0) is 36.1 Å². The van der Waals surface area contributed by atoms with E-state index in [9.17, 15) is 9.59 Å². The topological polar surface area (TPSA) is 75.4 Å². The van der Waals surface area contributed by atoms with Crippen LogP contribution in [0.15, 0.2) is 24.3 Å². The van der Waals surface area contributed by atoms with Crippen LogP contribution in [-0.4, -0.2) is 36.3 Å². The molecule has 1 aromatic carbocycles. The molecule has 0 aromatic heterocycles. The van der Waals surface area contributed by atoms with Gasteiger partial charge in [0, 0.05) is 30.6 Å². The predicted molar refractivity (Wildman–Crippen MR) is 103 cm³/mol. The van der Waals surface area contributed by atoms with E-state index < -0.39 is 5.41 Å². The second-order valence-electron chi connectivity index (χ2n) is 8.12. The van der Waals surface area contributed by atoms with Gasteiger partial charge in [0.1, 0.15) is 0 Å². The minimum Gasteiger partial charge on any atom is -0.352 e. The van der Waals surface area contributed by atoms with Gasteiger partial charge in [-0.2, -0.15) is 0 Å². The highest BCUT2D eigenvalue weighted by Gasteiger charge is 2.35. The van der Waals surface area contributed by atoms with Gasteiger partial charge >= 0.3 is 0 Å². The summed E-state index contributed by atoms with van der Waals surface area (Å²) < 4.78 is 0. The molecule has 1 aliphatic heterocycles. The van der Waals surface area contributed by atoms with Crippen LogP contribution in [0, 0.1) is 10.8 Å². The van der Waals surface area contributed by atoms with Crippen LogP contribution in [0.3, 0.4) is 0 Å². The third-order valence-electron chi connectivity index (χ3n) is 4.67. The monoisotopic (exact) mass is 367 g/mol. The molecule has 6 heteroatoms. The normalized spacial score (nSPS) is 20.1. The summed E-state index contributed by atoms with van der Waals surface area (Å²) in [6.07, 6.45) is 0.951. The number of nitrogens with zero attached hydrogens (tertiary/aromatic N) is 1. The van der Waals surface area contributed by atoms with Crippen LogP contribution in [0.2, 0.25) is 0 Å². The number of carbonyl (C=O) groups is 2. The fourth-order valence-corrected chi connectivity index (χ4v) is 2.76. The lowest BCUT2D eigenvalue weighted by molar-refractivity contribution is -0.128. The molecule has 0 bridgehead atoms. The largest absolute Gasteiger partial charge is 0.352 e. The summed E-state index contributed by atoms with van der Waals surface area (Å²) in [6.45, 7) is 10.3. The molecule has 1 saturated heterocycles. The lowest BCUT2D eigenvalue weighted by atomic mass is 9.90. The standard InChI is InChI=1S/C19H29N3O2.ClH/c1-18(2,3)17(24)21-11-14-5-7-15(8-6-14)16(23)22-10-9-19(4,12-20)13-22;/h5-8H,9-13,20H2,1-4H3,(H,21,24);1H. The zero-order valence-corrected chi connectivity index (χ0v) is 16.4. The first-order chi connectivity index (χ1) is 11.1. The highest BCUT2D eigenvalue weighted by atomic mass is 35.5. The summed E-state index contributed by atoms with van der Waals surface area (Å²) in [5.41, 5.74) is 7.10. The van der Waals surface area contributed by atoms with Gasteiger partial charge in [0.05, 0.1) is 0 Å². The summed E-state index contributed by atoms with van der Waals surface area (Å²) >= 11 is 0. The van der Waals surface area contributed by atoms with E-state index >= 15 is 0 Å². The third kappa shape index (κ3) is 5.44. The van der Waals surface area contributed by atoms with E-state index in [-0.39, 0.29) is 29.6 Å². The molecule has 1 heterocycles. The number of halogens is 1. The SMILES string of the molecule is CC1(CN)CCN(C(=O)c2ccc(CNC(=O)C(C)(C)C)cc2)C1.Cl. The highest BCUT2D eigenvalue weighted by molar-refractivity contribution is 5.94. The molecule has 0 spiro atoms. The van der Waals surface area contributed by atoms with E-state index in [1.54, 1.807) is 0 Å². The first kappa shape index (κ1) is 21.5. The summed E-state index contributed by atoms with van der Waals surface area (Å²) in [5, 5.41) is 2.91. The smallest absolute Gasteiger partial charge is 0.253 e. The van der Waals surface area contributed by atoms with Gasteiger partial charge < -0.3 is 16.0 Å². The van der Waals surface area contributed by atoms with E-state index in [0.29, 0.717) is 25.2 Å². The van der Waals surface area contributed by atoms with Gasteiger partial charge in [-0.25, -0.2) is 0 Å². The van der Waals surface area contributed by atoms with E-state index in [0.717, 1.165) is 18.5 Å². The zero-order chi connectivity index (χ0) is 18.0. The third-order valence-corrected chi connectivity index (χ3v) is 4.67. The lowest BCUT2D eigenvalue weighted by Crippen LogP contribution is -2.34. The van der Waals surface area contributed by atoms with Crippen molar-refractivity contribution in [3.63, 3.8) is 0 Å². The van der Waals surface area contributed by atoms with Crippen molar-refractivity contribution in [1.29, 1.82) is 0 Å². The van der Waals surface area contributed by atoms with Crippen LogP contribution in [0.5, 0.6) is 0 Å².